The lowest BCUT2D eigenvalue weighted by Gasteiger charge is -2.32. The first kappa shape index (κ1) is 23.0. The lowest BCUT2D eigenvalue weighted by molar-refractivity contribution is 0.167. The Kier molecular flexibility index (Phi) is 16.0. The summed E-state index contributed by atoms with van der Waals surface area (Å²) in [6.07, 6.45) is 24.5. The van der Waals surface area contributed by atoms with Gasteiger partial charge < -0.3 is 4.90 Å². The molecule has 0 amide bonds. The molecule has 1 atom stereocenters. The Labute approximate surface area is 166 Å². The first-order valence-corrected chi connectivity index (χ1v) is 11.4. The Balaban J connectivity index is 0.000000970. The van der Waals surface area contributed by atoms with Crippen molar-refractivity contribution in [2.45, 2.75) is 89.5 Å². The van der Waals surface area contributed by atoms with Crippen molar-refractivity contribution >= 4 is 29.4 Å². The van der Waals surface area contributed by atoms with Crippen LogP contribution in [0, 0.1) is 0 Å². The third-order valence-corrected chi connectivity index (χ3v) is 5.14. The van der Waals surface area contributed by atoms with Gasteiger partial charge in [-0.15, -0.1) is 23.2 Å². The summed E-state index contributed by atoms with van der Waals surface area (Å²) in [4.78, 5) is 7.39. The molecule has 1 aliphatic heterocycles. The minimum absolute atomic E-state index is 0.194. The second-order valence-corrected chi connectivity index (χ2v) is 7.93. The SMILES string of the molecule is C1=CCCCC(N2CCCCCC=NCCC2)CCCCC1.ClCCl. The van der Waals surface area contributed by atoms with Crippen LogP contribution in [0.3, 0.4) is 0 Å². The zero-order valence-corrected chi connectivity index (χ0v) is 17.5. The minimum Gasteiger partial charge on any atom is -0.300 e. The Morgan fingerprint density at radius 1 is 0.760 bits per heavy atom. The number of hydrogen-bond acceptors (Lipinski definition) is 2. The molecule has 0 aromatic rings. The van der Waals surface area contributed by atoms with E-state index in [1.165, 1.54) is 96.6 Å². The molecule has 2 aliphatic rings. The highest BCUT2D eigenvalue weighted by atomic mass is 35.5. The summed E-state index contributed by atoms with van der Waals surface area (Å²) in [5.74, 6) is 0. The highest BCUT2D eigenvalue weighted by Crippen LogP contribution is 2.20. The van der Waals surface area contributed by atoms with E-state index in [1.807, 2.05) is 0 Å². The molecule has 0 aromatic carbocycles. The smallest absolute Gasteiger partial charge is 0.0967 e. The number of rotatable bonds is 1. The third kappa shape index (κ3) is 12.9. The van der Waals surface area contributed by atoms with E-state index in [9.17, 15) is 0 Å². The first-order chi connectivity index (χ1) is 12.4. The monoisotopic (exact) mass is 388 g/mol. The van der Waals surface area contributed by atoms with Crippen LogP contribution in [0.25, 0.3) is 0 Å². The summed E-state index contributed by atoms with van der Waals surface area (Å²) >= 11 is 9.53. The van der Waals surface area contributed by atoms with Gasteiger partial charge in [-0.05, 0) is 77.0 Å². The molecule has 0 saturated carbocycles. The number of halogens is 2. The summed E-state index contributed by atoms with van der Waals surface area (Å²) < 4.78 is 0. The zero-order chi connectivity index (χ0) is 18.0. The van der Waals surface area contributed by atoms with E-state index in [2.05, 4.69) is 28.3 Å². The van der Waals surface area contributed by atoms with Crippen LogP contribution >= 0.6 is 23.2 Å². The summed E-state index contributed by atoms with van der Waals surface area (Å²) in [5, 5.41) is 0.194. The fourth-order valence-corrected chi connectivity index (χ4v) is 3.79. The van der Waals surface area contributed by atoms with Crippen molar-refractivity contribution in [2.75, 3.05) is 25.0 Å². The molecular formula is C21H38Cl2N2. The molecular weight excluding hydrogens is 351 g/mol. The predicted octanol–water partition coefficient (Wildman–Crippen LogP) is 6.80. The normalized spacial score (nSPS) is 25.1. The summed E-state index contributed by atoms with van der Waals surface area (Å²) in [6.45, 7) is 3.62. The standard InChI is InChI=1S/C20H36N2.CH2Cl2/c1-2-4-6-10-15-20(14-9-5-3-1)22-18-12-8-7-11-16-21-17-13-19-22;2-1-3/h1,3,16,20H,2,4-15,17-19H2;1H2. The number of nitrogens with zero attached hydrogens (tertiary/aromatic N) is 2. The molecule has 1 unspecified atom stereocenters. The molecule has 4 heteroatoms. The van der Waals surface area contributed by atoms with E-state index in [0.717, 1.165) is 12.6 Å². The highest BCUT2D eigenvalue weighted by molar-refractivity contribution is 6.40. The van der Waals surface area contributed by atoms with Crippen LogP contribution in [-0.2, 0) is 0 Å². The largest absolute Gasteiger partial charge is 0.300 e. The van der Waals surface area contributed by atoms with Gasteiger partial charge in [0.1, 0.15) is 0 Å². The van der Waals surface area contributed by atoms with Gasteiger partial charge >= 0.3 is 0 Å². The van der Waals surface area contributed by atoms with Crippen molar-refractivity contribution in [3.63, 3.8) is 0 Å². The lowest BCUT2D eigenvalue weighted by atomic mass is 10.00. The van der Waals surface area contributed by atoms with Crippen molar-refractivity contribution in [1.29, 1.82) is 0 Å². The molecule has 1 aliphatic carbocycles. The van der Waals surface area contributed by atoms with Gasteiger partial charge in [0.25, 0.3) is 0 Å². The summed E-state index contributed by atoms with van der Waals surface area (Å²) in [5.41, 5.74) is 0. The van der Waals surface area contributed by atoms with E-state index in [4.69, 9.17) is 23.2 Å². The quantitative estimate of drug-likeness (QED) is 0.355. The van der Waals surface area contributed by atoms with E-state index in [1.54, 1.807) is 0 Å². The molecule has 0 N–H and O–H groups in total. The van der Waals surface area contributed by atoms with Crippen LogP contribution in [0.1, 0.15) is 83.5 Å². The molecule has 2 rings (SSSR count). The average molecular weight is 389 g/mol. The van der Waals surface area contributed by atoms with Gasteiger partial charge in [0, 0.05) is 19.1 Å². The Morgan fingerprint density at radius 3 is 2.24 bits per heavy atom. The van der Waals surface area contributed by atoms with Gasteiger partial charge in [0.2, 0.25) is 0 Å². The molecule has 2 nitrogen and oxygen atoms in total. The van der Waals surface area contributed by atoms with Crippen molar-refractivity contribution in [1.82, 2.24) is 4.90 Å². The maximum Gasteiger partial charge on any atom is 0.0967 e. The fourth-order valence-electron chi connectivity index (χ4n) is 3.79. The van der Waals surface area contributed by atoms with Gasteiger partial charge in [0.05, 0.1) is 5.34 Å². The van der Waals surface area contributed by atoms with Crippen LogP contribution in [0.2, 0.25) is 0 Å². The second kappa shape index (κ2) is 17.4. The number of hydrogen-bond donors (Lipinski definition) is 0. The van der Waals surface area contributed by atoms with Gasteiger partial charge in [-0.25, -0.2) is 0 Å². The first-order valence-electron chi connectivity index (χ1n) is 10.4. The zero-order valence-electron chi connectivity index (χ0n) is 16.0. The van der Waals surface area contributed by atoms with Gasteiger partial charge in [-0.3, -0.25) is 4.99 Å². The Bertz CT molecular complexity index is 313. The van der Waals surface area contributed by atoms with Crippen LogP contribution in [0.4, 0.5) is 0 Å². The number of alkyl halides is 2. The summed E-state index contributed by atoms with van der Waals surface area (Å²) in [7, 11) is 0. The minimum atomic E-state index is 0.194. The predicted molar refractivity (Wildman–Crippen MR) is 114 cm³/mol. The summed E-state index contributed by atoms with van der Waals surface area (Å²) in [6, 6.07) is 0.830. The Hall–Kier alpha value is -0.0500. The molecule has 0 fully saturated rings. The van der Waals surface area contributed by atoms with Gasteiger partial charge in [0.15, 0.2) is 0 Å². The maximum absolute atomic E-state index is 4.76. The van der Waals surface area contributed by atoms with Gasteiger partial charge in [-0.1, -0.05) is 31.4 Å². The molecule has 0 aromatic heterocycles. The van der Waals surface area contributed by atoms with E-state index >= 15 is 0 Å². The molecule has 25 heavy (non-hydrogen) atoms. The van der Waals surface area contributed by atoms with Crippen LogP contribution in [-0.4, -0.2) is 42.1 Å². The molecule has 0 radical (unpaired) electrons. The molecule has 1 heterocycles. The Morgan fingerprint density at radius 2 is 1.40 bits per heavy atom. The fraction of sp³-hybridized carbons (Fsp3) is 0.857. The topological polar surface area (TPSA) is 15.6 Å². The van der Waals surface area contributed by atoms with Crippen LogP contribution < -0.4 is 0 Å². The van der Waals surface area contributed by atoms with Crippen molar-refractivity contribution in [3.8, 4) is 0 Å². The van der Waals surface area contributed by atoms with E-state index in [0.29, 0.717) is 0 Å². The van der Waals surface area contributed by atoms with Crippen LogP contribution in [0.15, 0.2) is 17.1 Å². The number of allylic oxidation sites excluding steroid dienone is 2. The second-order valence-electron chi connectivity index (χ2n) is 7.12. The third-order valence-electron chi connectivity index (χ3n) is 5.14. The highest BCUT2D eigenvalue weighted by Gasteiger charge is 2.17. The van der Waals surface area contributed by atoms with E-state index in [-0.39, 0.29) is 5.34 Å². The van der Waals surface area contributed by atoms with Crippen molar-refractivity contribution in [3.05, 3.63) is 12.2 Å². The van der Waals surface area contributed by atoms with Gasteiger partial charge in [-0.2, -0.15) is 0 Å². The van der Waals surface area contributed by atoms with Crippen molar-refractivity contribution < 1.29 is 0 Å². The molecule has 0 spiro atoms. The lowest BCUT2D eigenvalue weighted by Crippen LogP contribution is -2.37. The number of aliphatic imine (C=N–C) groups is 1. The maximum atomic E-state index is 4.76. The average Bonchev–Trinajstić information content (AvgIpc) is 2.72. The van der Waals surface area contributed by atoms with Crippen molar-refractivity contribution in [2.24, 2.45) is 4.99 Å². The van der Waals surface area contributed by atoms with Crippen LogP contribution in [0.5, 0.6) is 0 Å². The van der Waals surface area contributed by atoms with E-state index < -0.39 is 0 Å². The molecule has 146 valence electrons. The molecule has 0 bridgehead atoms. The molecule has 0 saturated heterocycles.